The standard InChI is InChI=1S/C15H20O5S/c1-10(16)19-9-13(17)20-15(2,3)14(18)11-5-7-12(21-4)8-6-11/h5-7,12H,8-9H2,1-4H3. The summed E-state index contributed by atoms with van der Waals surface area (Å²) in [6.45, 7) is 3.76. The number of hydrogen-bond acceptors (Lipinski definition) is 6. The lowest BCUT2D eigenvalue weighted by atomic mass is 9.93. The van der Waals surface area contributed by atoms with Crippen LogP contribution in [0.3, 0.4) is 0 Å². The van der Waals surface area contributed by atoms with Gasteiger partial charge in [-0.15, -0.1) is 0 Å². The smallest absolute Gasteiger partial charge is 0.345 e. The van der Waals surface area contributed by atoms with Crippen LogP contribution in [0.15, 0.2) is 23.8 Å². The van der Waals surface area contributed by atoms with E-state index in [1.165, 1.54) is 20.8 Å². The van der Waals surface area contributed by atoms with E-state index in [0.717, 1.165) is 6.42 Å². The second kappa shape index (κ2) is 7.45. The lowest BCUT2D eigenvalue weighted by Crippen LogP contribution is -2.39. The van der Waals surface area contributed by atoms with Crippen molar-refractivity contribution in [1.82, 2.24) is 0 Å². The highest BCUT2D eigenvalue weighted by molar-refractivity contribution is 7.99. The summed E-state index contributed by atoms with van der Waals surface area (Å²) in [4.78, 5) is 34.6. The van der Waals surface area contributed by atoms with Gasteiger partial charge in [-0.25, -0.2) is 4.79 Å². The van der Waals surface area contributed by atoms with E-state index in [2.05, 4.69) is 4.74 Å². The Labute approximate surface area is 128 Å². The van der Waals surface area contributed by atoms with E-state index in [0.29, 0.717) is 10.8 Å². The topological polar surface area (TPSA) is 69.7 Å². The molecule has 1 atom stereocenters. The summed E-state index contributed by atoms with van der Waals surface area (Å²) < 4.78 is 9.66. The summed E-state index contributed by atoms with van der Waals surface area (Å²) in [5.41, 5.74) is -0.759. The van der Waals surface area contributed by atoms with Gasteiger partial charge in [0.15, 0.2) is 12.2 Å². The number of rotatable bonds is 6. The molecule has 0 N–H and O–H groups in total. The van der Waals surface area contributed by atoms with Crippen molar-refractivity contribution < 1.29 is 23.9 Å². The number of carbonyl (C=O) groups is 3. The highest BCUT2D eigenvalue weighted by Gasteiger charge is 2.34. The van der Waals surface area contributed by atoms with Crippen molar-refractivity contribution in [3.8, 4) is 0 Å². The molecule has 0 aliphatic heterocycles. The summed E-state index contributed by atoms with van der Waals surface area (Å²) in [7, 11) is 0. The van der Waals surface area contributed by atoms with Gasteiger partial charge in [0.05, 0.1) is 0 Å². The van der Waals surface area contributed by atoms with Gasteiger partial charge >= 0.3 is 11.9 Å². The van der Waals surface area contributed by atoms with E-state index in [4.69, 9.17) is 4.74 Å². The molecule has 0 fully saturated rings. The summed E-state index contributed by atoms with van der Waals surface area (Å²) in [5, 5.41) is 0.371. The van der Waals surface area contributed by atoms with Gasteiger partial charge in [-0.3, -0.25) is 9.59 Å². The highest BCUT2D eigenvalue weighted by Crippen LogP contribution is 2.24. The molecular formula is C15H20O5S. The number of carbonyl (C=O) groups excluding carboxylic acids is 3. The van der Waals surface area contributed by atoms with Gasteiger partial charge in [0, 0.05) is 17.7 Å². The Hall–Kier alpha value is -1.56. The number of thioether (sulfide) groups is 1. The van der Waals surface area contributed by atoms with E-state index in [1.54, 1.807) is 17.8 Å². The first-order valence-corrected chi connectivity index (χ1v) is 7.86. The Bertz CT molecular complexity index is 490. The quantitative estimate of drug-likeness (QED) is 0.699. The van der Waals surface area contributed by atoms with E-state index in [9.17, 15) is 14.4 Å². The molecule has 116 valence electrons. The van der Waals surface area contributed by atoms with Crippen molar-refractivity contribution in [3.63, 3.8) is 0 Å². The summed E-state index contributed by atoms with van der Waals surface area (Å²) >= 11 is 1.71. The van der Waals surface area contributed by atoms with Gasteiger partial charge in [-0.05, 0) is 26.5 Å². The van der Waals surface area contributed by atoms with E-state index < -0.39 is 24.1 Å². The molecule has 0 aromatic rings. The molecule has 5 nitrogen and oxygen atoms in total. The molecule has 1 aliphatic carbocycles. The maximum absolute atomic E-state index is 12.4. The summed E-state index contributed by atoms with van der Waals surface area (Å²) in [6, 6.07) is 0. The Morgan fingerprint density at radius 2 is 2.05 bits per heavy atom. The fraction of sp³-hybridized carbons (Fsp3) is 0.533. The molecule has 0 aromatic carbocycles. The molecule has 0 heterocycles. The first-order chi connectivity index (χ1) is 9.76. The lowest BCUT2D eigenvalue weighted by Gasteiger charge is -2.25. The van der Waals surface area contributed by atoms with Crippen LogP contribution in [0.2, 0.25) is 0 Å². The van der Waals surface area contributed by atoms with Gasteiger partial charge in [-0.2, -0.15) is 11.8 Å². The van der Waals surface area contributed by atoms with Crippen molar-refractivity contribution in [3.05, 3.63) is 23.8 Å². The number of esters is 2. The maximum atomic E-state index is 12.4. The molecule has 1 unspecified atom stereocenters. The molecule has 0 aromatic heterocycles. The molecule has 1 rings (SSSR count). The molecule has 0 saturated heterocycles. The largest absolute Gasteiger partial charge is 0.454 e. The third-order valence-corrected chi connectivity index (χ3v) is 3.89. The molecule has 0 bridgehead atoms. The van der Waals surface area contributed by atoms with Gasteiger partial charge < -0.3 is 9.47 Å². The predicted molar refractivity (Wildman–Crippen MR) is 81.0 cm³/mol. The van der Waals surface area contributed by atoms with Crippen LogP contribution in [0.1, 0.15) is 27.2 Å². The number of ketones is 1. The minimum Gasteiger partial charge on any atom is -0.454 e. The van der Waals surface area contributed by atoms with Crippen molar-refractivity contribution in [2.24, 2.45) is 0 Å². The van der Waals surface area contributed by atoms with Gasteiger partial charge in [0.1, 0.15) is 0 Å². The Morgan fingerprint density at radius 3 is 2.52 bits per heavy atom. The molecule has 21 heavy (non-hydrogen) atoms. The zero-order chi connectivity index (χ0) is 16.0. The van der Waals surface area contributed by atoms with Gasteiger partial charge in [0.25, 0.3) is 0 Å². The molecule has 0 radical (unpaired) electrons. The fourth-order valence-corrected chi connectivity index (χ4v) is 2.34. The Kier molecular flexibility index (Phi) is 6.20. The first-order valence-electron chi connectivity index (χ1n) is 6.57. The zero-order valence-corrected chi connectivity index (χ0v) is 13.5. The van der Waals surface area contributed by atoms with Gasteiger partial charge in [0.2, 0.25) is 5.78 Å². The van der Waals surface area contributed by atoms with Crippen molar-refractivity contribution >= 4 is 29.5 Å². The normalized spacial score (nSPS) is 17.9. The first kappa shape index (κ1) is 17.5. The molecular weight excluding hydrogens is 292 g/mol. The van der Waals surface area contributed by atoms with Crippen LogP contribution in [-0.2, 0) is 23.9 Å². The predicted octanol–water partition coefficient (Wildman–Crippen LogP) is 2.06. The van der Waals surface area contributed by atoms with Gasteiger partial charge in [-0.1, -0.05) is 18.2 Å². The lowest BCUT2D eigenvalue weighted by molar-refractivity contribution is -0.169. The average molecular weight is 312 g/mol. The summed E-state index contributed by atoms with van der Waals surface area (Å²) in [6.07, 6.45) is 8.36. The fourth-order valence-electron chi connectivity index (χ4n) is 1.81. The van der Waals surface area contributed by atoms with Crippen LogP contribution >= 0.6 is 11.8 Å². The molecule has 0 spiro atoms. The minimum atomic E-state index is -1.29. The molecule has 0 amide bonds. The van der Waals surface area contributed by atoms with Crippen LogP contribution < -0.4 is 0 Å². The van der Waals surface area contributed by atoms with Crippen molar-refractivity contribution in [2.45, 2.75) is 38.0 Å². The molecule has 1 aliphatic rings. The SMILES string of the molecule is CSC1C=CC(C(=O)C(C)(C)OC(=O)COC(C)=O)=CC1. The number of ether oxygens (including phenoxy) is 2. The number of hydrogen-bond donors (Lipinski definition) is 0. The number of allylic oxidation sites excluding steroid dienone is 2. The van der Waals surface area contributed by atoms with Crippen molar-refractivity contribution in [1.29, 1.82) is 0 Å². The van der Waals surface area contributed by atoms with E-state index in [1.807, 2.05) is 18.4 Å². The average Bonchev–Trinajstić information content (AvgIpc) is 2.44. The van der Waals surface area contributed by atoms with Crippen LogP contribution in [0.25, 0.3) is 0 Å². The third kappa shape index (κ3) is 5.38. The maximum Gasteiger partial charge on any atom is 0.345 e. The molecule has 0 saturated carbocycles. The van der Waals surface area contributed by atoms with Crippen molar-refractivity contribution in [2.75, 3.05) is 12.9 Å². The third-order valence-electron chi connectivity index (χ3n) is 2.93. The van der Waals surface area contributed by atoms with Crippen LogP contribution in [-0.4, -0.2) is 41.4 Å². The second-order valence-corrected chi connectivity index (χ2v) is 6.20. The van der Waals surface area contributed by atoms with E-state index in [-0.39, 0.29) is 5.78 Å². The van der Waals surface area contributed by atoms with E-state index >= 15 is 0 Å². The monoisotopic (exact) mass is 312 g/mol. The van der Waals surface area contributed by atoms with Crippen LogP contribution in [0.4, 0.5) is 0 Å². The minimum absolute atomic E-state index is 0.269. The van der Waals surface area contributed by atoms with Crippen LogP contribution in [0, 0.1) is 0 Å². The highest BCUT2D eigenvalue weighted by atomic mass is 32.2. The second-order valence-electron chi connectivity index (χ2n) is 5.12. The Morgan fingerprint density at radius 1 is 1.38 bits per heavy atom. The zero-order valence-electron chi connectivity index (χ0n) is 12.7. The summed E-state index contributed by atoms with van der Waals surface area (Å²) in [5.74, 6) is -1.59. The van der Waals surface area contributed by atoms with Crippen LogP contribution in [0.5, 0.6) is 0 Å². The number of Topliss-reactive ketones (excluding diaryl/α,β-unsaturated/α-hetero) is 1. The molecule has 6 heteroatoms. The Balaban J connectivity index is 2.63.